The van der Waals surface area contributed by atoms with E-state index in [0.29, 0.717) is 17.9 Å². The Hall–Kier alpha value is -1.61. The summed E-state index contributed by atoms with van der Waals surface area (Å²) in [6.07, 6.45) is 3.73. The summed E-state index contributed by atoms with van der Waals surface area (Å²) in [5.74, 6) is -0.774. The van der Waals surface area contributed by atoms with Gasteiger partial charge in [0.05, 0.1) is 10.9 Å². The van der Waals surface area contributed by atoms with Gasteiger partial charge in [0, 0.05) is 16.6 Å². The fourth-order valence-electron chi connectivity index (χ4n) is 3.32. The fraction of sp³-hybridized carbons (Fsp3) is 0.444. The van der Waals surface area contributed by atoms with Crippen molar-refractivity contribution in [1.29, 1.82) is 0 Å². The van der Waals surface area contributed by atoms with Crippen molar-refractivity contribution >= 4 is 28.5 Å². The van der Waals surface area contributed by atoms with E-state index >= 15 is 0 Å². The van der Waals surface area contributed by atoms with Crippen molar-refractivity contribution in [3.8, 4) is 0 Å². The Balaban J connectivity index is 2.90. The highest BCUT2D eigenvalue weighted by molar-refractivity contribution is 6.32. The average molecular weight is 320 g/mol. The smallest absolute Gasteiger partial charge is 0.314 e. The molecule has 1 aromatic carbocycles. The fourth-order valence-corrected chi connectivity index (χ4v) is 3.49. The van der Waals surface area contributed by atoms with Gasteiger partial charge in [-0.1, -0.05) is 31.9 Å². The third kappa shape index (κ3) is 2.58. The summed E-state index contributed by atoms with van der Waals surface area (Å²) < 4.78 is 0. The number of rotatable bonds is 5. The molecule has 118 valence electrons. The number of nitrogens with zero attached hydrogens (tertiary/aromatic N) is 1. The molecule has 1 atom stereocenters. The van der Waals surface area contributed by atoms with Gasteiger partial charge in [0.2, 0.25) is 0 Å². The Labute approximate surface area is 136 Å². The van der Waals surface area contributed by atoms with E-state index < -0.39 is 11.4 Å². The molecule has 1 N–H and O–H groups in total. The number of carboxylic acid groups (broad SMARTS) is 1. The zero-order valence-corrected chi connectivity index (χ0v) is 14.3. The van der Waals surface area contributed by atoms with Crippen LogP contribution in [0.2, 0.25) is 5.02 Å². The van der Waals surface area contributed by atoms with E-state index in [4.69, 9.17) is 11.6 Å². The molecule has 0 fully saturated rings. The number of pyridine rings is 1. The van der Waals surface area contributed by atoms with Gasteiger partial charge in [-0.15, -0.1) is 0 Å². The van der Waals surface area contributed by atoms with Gasteiger partial charge in [-0.25, -0.2) is 0 Å². The summed E-state index contributed by atoms with van der Waals surface area (Å²) >= 11 is 6.29. The van der Waals surface area contributed by atoms with Gasteiger partial charge in [0.1, 0.15) is 0 Å². The monoisotopic (exact) mass is 319 g/mol. The van der Waals surface area contributed by atoms with Crippen LogP contribution >= 0.6 is 11.6 Å². The Morgan fingerprint density at radius 1 is 1.27 bits per heavy atom. The summed E-state index contributed by atoms with van der Waals surface area (Å²) in [5, 5.41) is 11.5. The van der Waals surface area contributed by atoms with Gasteiger partial charge in [-0.2, -0.15) is 0 Å². The van der Waals surface area contributed by atoms with Gasteiger partial charge in [0.25, 0.3) is 0 Å². The first-order valence-corrected chi connectivity index (χ1v) is 8.04. The molecule has 0 spiro atoms. The molecule has 3 nitrogen and oxygen atoms in total. The number of carboxylic acids is 1. The van der Waals surface area contributed by atoms with Crippen molar-refractivity contribution in [2.24, 2.45) is 0 Å². The van der Waals surface area contributed by atoms with Crippen LogP contribution < -0.4 is 0 Å². The van der Waals surface area contributed by atoms with Crippen molar-refractivity contribution in [2.75, 3.05) is 0 Å². The molecule has 0 saturated carbocycles. The maximum absolute atomic E-state index is 12.1. The highest BCUT2D eigenvalue weighted by Crippen LogP contribution is 2.40. The maximum Gasteiger partial charge on any atom is 0.314 e. The molecule has 0 aliphatic heterocycles. The number of hydrogen-bond acceptors (Lipinski definition) is 2. The first kappa shape index (κ1) is 16.8. The van der Waals surface area contributed by atoms with Crippen LogP contribution in [-0.4, -0.2) is 16.1 Å². The van der Waals surface area contributed by atoms with E-state index in [-0.39, 0.29) is 0 Å². The summed E-state index contributed by atoms with van der Waals surface area (Å²) in [6, 6.07) is 3.79. The second-order valence-corrected chi connectivity index (χ2v) is 6.33. The number of hydrogen-bond donors (Lipinski definition) is 1. The van der Waals surface area contributed by atoms with Gasteiger partial charge in [-0.3, -0.25) is 9.78 Å². The lowest BCUT2D eigenvalue weighted by molar-refractivity contribution is -0.144. The van der Waals surface area contributed by atoms with Crippen LogP contribution in [0, 0.1) is 13.8 Å². The molecular formula is C18H22ClNO2. The molecule has 0 amide bonds. The summed E-state index contributed by atoms with van der Waals surface area (Å²) in [7, 11) is 0. The lowest BCUT2D eigenvalue weighted by atomic mass is 9.72. The van der Waals surface area contributed by atoms with Crippen LogP contribution in [0.25, 0.3) is 10.9 Å². The molecule has 2 rings (SSSR count). The molecule has 0 aliphatic carbocycles. The van der Waals surface area contributed by atoms with Gasteiger partial charge in [0.15, 0.2) is 0 Å². The van der Waals surface area contributed by atoms with Gasteiger partial charge >= 0.3 is 5.97 Å². The van der Waals surface area contributed by atoms with Crippen molar-refractivity contribution in [1.82, 2.24) is 4.98 Å². The summed E-state index contributed by atoms with van der Waals surface area (Å²) in [5.41, 5.74) is 2.63. The van der Waals surface area contributed by atoms with Gasteiger partial charge < -0.3 is 5.11 Å². The molecule has 0 radical (unpaired) electrons. The Morgan fingerprint density at radius 2 is 1.95 bits per heavy atom. The zero-order valence-electron chi connectivity index (χ0n) is 13.5. The topological polar surface area (TPSA) is 50.2 Å². The van der Waals surface area contributed by atoms with Crippen molar-refractivity contribution in [3.63, 3.8) is 0 Å². The van der Waals surface area contributed by atoms with Crippen LogP contribution in [0.4, 0.5) is 0 Å². The quantitative estimate of drug-likeness (QED) is 0.840. The van der Waals surface area contributed by atoms with Crippen LogP contribution in [0.3, 0.4) is 0 Å². The van der Waals surface area contributed by atoms with Crippen molar-refractivity contribution in [3.05, 3.63) is 40.0 Å². The highest BCUT2D eigenvalue weighted by Gasteiger charge is 2.40. The summed E-state index contributed by atoms with van der Waals surface area (Å²) in [4.78, 5) is 16.6. The van der Waals surface area contributed by atoms with Crippen molar-refractivity contribution in [2.45, 2.75) is 52.4 Å². The SMILES string of the molecule is CCCC(CC)(C(=O)O)c1c(C)cnc2cc(C)c(Cl)cc12. The number of aliphatic carboxylic acids is 1. The second-order valence-electron chi connectivity index (χ2n) is 5.93. The lowest BCUT2D eigenvalue weighted by Gasteiger charge is -2.31. The molecule has 2 aromatic rings. The molecule has 0 saturated heterocycles. The second kappa shape index (κ2) is 6.25. The molecule has 22 heavy (non-hydrogen) atoms. The number of aryl methyl sites for hydroxylation is 2. The van der Waals surface area contributed by atoms with Crippen molar-refractivity contribution < 1.29 is 9.90 Å². The molecule has 1 unspecified atom stereocenters. The van der Waals surface area contributed by atoms with E-state index in [2.05, 4.69) is 4.98 Å². The van der Waals surface area contributed by atoms with Crippen LogP contribution in [0.1, 0.15) is 49.8 Å². The number of aromatic nitrogens is 1. The first-order valence-electron chi connectivity index (χ1n) is 7.66. The van der Waals surface area contributed by atoms with E-state index in [1.54, 1.807) is 6.20 Å². The molecular weight excluding hydrogens is 298 g/mol. The predicted molar refractivity (Wildman–Crippen MR) is 90.7 cm³/mol. The number of halogens is 1. The van der Waals surface area contributed by atoms with E-state index in [1.807, 2.05) is 39.8 Å². The standard InChI is InChI=1S/C18H22ClNO2/c1-5-7-18(6-2,17(21)22)16-12(4)10-20-15-8-11(3)14(19)9-13(15)16/h8-10H,5-7H2,1-4H3,(H,21,22). The minimum Gasteiger partial charge on any atom is -0.481 e. The normalized spacial score (nSPS) is 14.0. The first-order chi connectivity index (χ1) is 10.4. The Kier molecular flexibility index (Phi) is 4.76. The minimum atomic E-state index is -0.890. The molecule has 0 bridgehead atoms. The third-order valence-electron chi connectivity index (χ3n) is 4.51. The van der Waals surface area contributed by atoms with Crippen LogP contribution in [-0.2, 0) is 10.2 Å². The third-order valence-corrected chi connectivity index (χ3v) is 4.91. The minimum absolute atomic E-state index is 0.543. The zero-order chi connectivity index (χ0) is 16.5. The molecule has 4 heteroatoms. The van der Waals surface area contributed by atoms with Crippen LogP contribution in [0.5, 0.6) is 0 Å². The molecule has 1 aromatic heterocycles. The maximum atomic E-state index is 12.1. The lowest BCUT2D eigenvalue weighted by Crippen LogP contribution is -2.36. The van der Waals surface area contributed by atoms with E-state index in [9.17, 15) is 9.90 Å². The Bertz CT molecular complexity index is 727. The summed E-state index contributed by atoms with van der Waals surface area (Å²) in [6.45, 7) is 7.81. The molecule has 0 aliphatic rings. The van der Waals surface area contributed by atoms with E-state index in [0.717, 1.165) is 34.0 Å². The highest BCUT2D eigenvalue weighted by atomic mass is 35.5. The Morgan fingerprint density at radius 3 is 2.50 bits per heavy atom. The van der Waals surface area contributed by atoms with Crippen LogP contribution in [0.15, 0.2) is 18.3 Å². The van der Waals surface area contributed by atoms with E-state index in [1.165, 1.54) is 0 Å². The van der Waals surface area contributed by atoms with Gasteiger partial charge in [-0.05, 0) is 55.5 Å². The number of fused-ring (bicyclic) bond motifs is 1. The molecule has 1 heterocycles. The largest absolute Gasteiger partial charge is 0.481 e. The number of carbonyl (C=O) groups is 1. The number of benzene rings is 1. The predicted octanol–water partition coefficient (Wildman–Crippen LogP) is 5.04. The average Bonchev–Trinajstić information content (AvgIpc) is 2.47.